The van der Waals surface area contributed by atoms with E-state index in [2.05, 4.69) is 10.2 Å². The third kappa shape index (κ3) is 4.13. The average molecular weight is 289 g/mol. The fourth-order valence-electron chi connectivity index (χ4n) is 1.98. The largest absolute Gasteiger partial charge is 0.480 e. The Balaban J connectivity index is 2.14. The average Bonchev–Trinajstić information content (AvgIpc) is 2.86. The lowest BCUT2D eigenvalue weighted by molar-refractivity contribution is -0.139. The lowest BCUT2D eigenvalue weighted by Crippen LogP contribution is -2.35. The minimum absolute atomic E-state index is 0.0557. The van der Waals surface area contributed by atoms with E-state index in [1.54, 1.807) is 4.90 Å². The predicted octanol–water partition coefficient (Wildman–Crippen LogP) is 2.34. The molecule has 2 aromatic rings. The standard InChI is InChI=1S/C15H19N3O3/c1-10(2)18(9-14(19)20)8-13-16-17-15(21-13)12-6-4-5-11(3)7-12/h4-7,10H,8-9H2,1-3H3,(H,19,20). The van der Waals surface area contributed by atoms with Crippen molar-refractivity contribution >= 4 is 5.97 Å². The summed E-state index contributed by atoms with van der Waals surface area (Å²) in [5.74, 6) is -0.00342. The van der Waals surface area contributed by atoms with Gasteiger partial charge in [0.1, 0.15) is 0 Å². The Hall–Kier alpha value is -2.21. The topological polar surface area (TPSA) is 79.5 Å². The molecule has 2 rings (SSSR count). The maximum Gasteiger partial charge on any atom is 0.317 e. The summed E-state index contributed by atoms with van der Waals surface area (Å²) in [5.41, 5.74) is 1.98. The molecular weight excluding hydrogens is 270 g/mol. The minimum atomic E-state index is -0.873. The van der Waals surface area contributed by atoms with Crippen molar-refractivity contribution in [3.63, 3.8) is 0 Å². The molecular formula is C15H19N3O3. The van der Waals surface area contributed by atoms with Crippen LogP contribution in [-0.2, 0) is 11.3 Å². The molecule has 0 spiro atoms. The molecule has 0 amide bonds. The van der Waals surface area contributed by atoms with Gasteiger partial charge >= 0.3 is 5.97 Å². The van der Waals surface area contributed by atoms with E-state index in [0.29, 0.717) is 18.3 Å². The summed E-state index contributed by atoms with van der Waals surface area (Å²) in [4.78, 5) is 12.6. The van der Waals surface area contributed by atoms with Crippen molar-refractivity contribution in [3.05, 3.63) is 35.7 Å². The molecule has 0 fully saturated rings. The van der Waals surface area contributed by atoms with Gasteiger partial charge in [-0.3, -0.25) is 9.69 Å². The highest BCUT2D eigenvalue weighted by atomic mass is 16.4. The molecule has 6 heteroatoms. The monoisotopic (exact) mass is 289 g/mol. The van der Waals surface area contributed by atoms with Crippen molar-refractivity contribution in [1.29, 1.82) is 0 Å². The molecule has 0 aliphatic heterocycles. The summed E-state index contributed by atoms with van der Waals surface area (Å²) in [6.45, 7) is 6.12. The van der Waals surface area contributed by atoms with Crippen LogP contribution in [0, 0.1) is 6.92 Å². The lowest BCUT2D eigenvalue weighted by atomic mass is 10.1. The van der Waals surface area contributed by atoms with Crippen molar-refractivity contribution in [3.8, 4) is 11.5 Å². The number of aliphatic carboxylic acids is 1. The molecule has 21 heavy (non-hydrogen) atoms. The lowest BCUT2D eigenvalue weighted by Gasteiger charge is -2.22. The number of hydrogen-bond donors (Lipinski definition) is 1. The number of benzene rings is 1. The summed E-state index contributed by atoms with van der Waals surface area (Å²) in [6, 6.07) is 7.87. The van der Waals surface area contributed by atoms with E-state index in [4.69, 9.17) is 9.52 Å². The van der Waals surface area contributed by atoms with Gasteiger partial charge in [0.25, 0.3) is 0 Å². The normalized spacial score (nSPS) is 11.3. The summed E-state index contributed by atoms with van der Waals surface area (Å²) < 4.78 is 5.63. The Morgan fingerprint density at radius 1 is 1.38 bits per heavy atom. The first-order chi connectivity index (χ1) is 9.95. The van der Waals surface area contributed by atoms with Crippen LogP contribution in [0.5, 0.6) is 0 Å². The summed E-state index contributed by atoms with van der Waals surface area (Å²) >= 11 is 0. The second kappa shape index (κ2) is 6.49. The molecule has 0 unspecified atom stereocenters. The Morgan fingerprint density at radius 2 is 2.14 bits per heavy atom. The van der Waals surface area contributed by atoms with Crippen molar-refractivity contribution in [2.24, 2.45) is 0 Å². The highest BCUT2D eigenvalue weighted by molar-refractivity contribution is 5.69. The quantitative estimate of drug-likeness (QED) is 0.879. The van der Waals surface area contributed by atoms with Crippen LogP contribution >= 0.6 is 0 Å². The summed E-state index contributed by atoms with van der Waals surface area (Å²) in [6.07, 6.45) is 0. The number of aromatic nitrogens is 2. The number of aryl methyl sites for hydroxylation is 1. The Bertz CT molecular complexity index is 622. The van der Waals surface area contributed by atoms with Gasteiger partial charge in [-0.1, -0.05) is 17.7 Å². The maximum absolute atomic E-state index is 10.9. The molecule has 6 nitrogen and oxygen atoms in total. The summed E-state index contributed by atoms with van der Waals surface area (Å²) in [7, 11) is 0. The van der Waals surface area contributed by atoms with E-state index in [-0.39, 0.29) is 12.6 Å². The molecule has 1 aromatic carbocycles. The van der Waals surface area contributed by atoms with E-state index in [1.165, 1.54) is 0 Å². The van der Waals surface area contributed by atoms with Gasteiger partial charge in [0.15, 0.2) is 0 Å². The number of rotatable bonds is 6. The van der Waals surface area contributed by atoms with Crippen LogP contribution in [-0.4, -0.2) is 38.8 Å². The van der Waals surface area contributed by atoms with Crippen molar-refractivity contribution in [1.82, 2.24) is 15.1 Å². The molecule has 1 heterocycles. The van der Waals surface area contributed by atoms with Gasteiger partial charge in [0.05, 0.1) is 13.1 Å². The highest BCUT2D eigenvalue weighted by Crippen LogP contribution is 2.19. The number of carboxylic acid groups (broad SMARTS) is 1. The fourth-order valence-corrected chi connectivity index (χ4v) is 1.98. The smallest absolute Gasteiger partial charge is 0.317 e. The molecule has 112 valence electrons. The SMILES string of the molecule is Cc1cccc(-c2nnc(CN(CC(=O)O)C(C)C)o2)c1. The Kier molecular flexibility index (Phi) is 4.70. The second-order valence-electron chi connectivity index (χ2n) is 5.26. The number of hydrogen-bond acceptors (Lipinski definition) is 5. The number of carboxylic acids is 1. The molecule has 0 atom stereocenters. The van der Waals surface area contributed by atoms with Crippen LogP contribution in [0.3, 0.4) is 0 Å². The predicted molar refractivity (Wildman–Crippen MR) is 77.7 cm³/mol. The maximum atomic E-state index is 10.9. The van der Waals surface area contributed by atoms with Crippen molar-refractivity contribution in [2.75, 3.05) is 6.54 Å². The zero-order chi connectivity index (χ0) is 15.4. The first kappa shape index (κ1) is 15.2. The number of carbonyl (C=O) groups is 1. The van der Waals surface area contributed by atoms with Gasteiger partial charge in [-0.15, -0.1) is 10.2 Å². The van der Waals surface area contributed by atoms with Crippen molar-refractivity contribution in [2.45, 2.75) is 33.4 Å². The van der Waals surface area contributed by atoms with Crippen LogP contribution in [0.1, 0.15) is 25.3 Å². The van der Waals surface area contributed by atoms with Gasteiger partial charge in [0, 0.05) is 11.6 Å². The molecule has 1 N–H and O–H groups in total. The Morgan fingerprint density at radius 3 is 2.76 bits per heavy atom. The van der Waals surface area contributed by atoms with E-state index >= 15 is 0 Å². The molecule has 0 aliphatic rings. The molecule has 0 radical (unpaired) electrons. The molecule has 1 aromatic heterocycles. The Labute approximate surface area is 123 Å². The van der Waals surface area contributed by atoms with Crippen LogP contribution in [0.2, 0.25) is 0 Å². The van der Waals surface area contributed by atoms with Crippen molar-refractivity contribution < 1.29 is 14.3 Å². The van der Waals surface area contributed by atoms with Crippen LogP contribution in [0.4, 0.5) is 0 Å². The van der Waals surface area contributed by atoms with Gasteiger partial charge < -0.3 is 9.52 Å². The summed E-state index contributed by atoms with van der Waals surface area (Å²) in [5, 5.41) is 16.9. The first-order valence-corrected chi connectivity index (χ1v) is 6.81. The zero-order valence-electron chi connectivity index (χ0n) is 12.4. The van der Waals surface area contributed by atoms with E-state index in [9.17, 15) is 4.79 Å². The van der Waals surface area contributed by atoms with Gasteiger partial charge in [-0.2, -0.15) is 0 Å². The number of nitrogens with zero attached hydrogens (tertiary/aromatic N) is 3. The highest BCUT2D eigenvalue weighted by Gasteiger charge is 2.17. The van der Waals surface area contributed by atoms with Gasteiger partial charge in [-0.05, 0) is 32.9 Å². The minimum Gasteiger partial charge on any atom is -0.480 e. The van der Waals surface area contributed by atoms with Crippen LogP contribution in [0.25, 0.3) is 11.5 Å². The van der Waals surface area contributed by atoms with E-state index in [0.717, 1.165) is 11.1 Å². The zero-order valence-corrected chi connectivity index (χ0v) is 12.4. The van der Waals surface area contributed by atoms with Crippen LogP contribution < -0.4 is 0 Å². The third-order valence-electron chi connectivity index (χ3n) is 3.14. The van der Waals surface area contributed by atoms with Gasteiger partial charge in [-0.25, -0.2) is 0 Å². The van der Waals surface area contributed by atoms with Gasteiger partial charge in [0.2, 0.25) is 11.8 Å². The third-order valence-corrected chi connectivity index (χ3v) is 3.14. The second-order valence-corrected chi connectivity index (χ2v) is 5.26. The van der Waals surface area contributed by atoms with E-state index < -0.39 is 5.97 Å². The molecule has 0 aliphatic carbocycles. The van der Waals surface area contributed by atoms with E-state index in [1.807, 2.05) is 45.0 Å². The fraction of sp³-hybridized carbons (Fsp3) is 0.400. The first-order valence-electron chi connectivity index (χ1n) is 6.81. The molecule has 0 bridgehead atoms. The molecule has 0 saturated heterocycles. The van der Waals surface area contributed by atoms with Crippen LogP contribution in [0.15, 0.2) is 28.7 Å². The molecule has 0 saturated carbocycles.